The minimum atomic E-state index is -3.41. The number of hydrogen-bond donors (Lipinski definition) is 2. The SMILES string of the molecule is CCCCNC(=S)N[C@@H](C)c1ccc(S(=O)(=O)N(CC)CC)cc1. The van der Waals surface area contributed by atoms with Crippen LogP contribution in [0.3, 0.4) is 0 Å². The van der Waals surface area contributed by atoms with E-state index >= 15 is 0 Å². The van der Waals surface area contributed by atoms with Gasteiger partial charge in [0, 0.05) is 19.6 Å². The molecule has 0 unspecified atom stereocenters. The van der Waals surface area contributed by atoms with Crippen LogP contribution in [0.5, 0.6) is 0 Å². The number of nitrogens with zero attached hydrogens (tertiary/aromatic N) is 1. The van der Waals surface area contributed by atoms with Crippen molar-refractivity contribution in [1.82, 2.24) is 14.9 Å². The van der Waals surface area contributed by atoms with Gasteiger partial charge in [0.15, 0.2) is 5.11 Å². The molecular formula is C17H29N3O2S2. The lowest BCUT2D eigenvalue weighted by Crippen LogP contribution is -2.37. The van der Waals surface area contributed by atoms with Crippen molar-refractivity contribution < 1.29 is 8.42 Å². The van der Waals surface area contributed by atoms with E-state index in [0.29, 0.717) is 23.1 Å². The third-order valence-electron chi connectivity index (χ3n) is 3.89. The van der Waals surface area contributed by atoms with Gasteiger partial charge in [-0.15, -0.1) is 0 Å². The smallest absolute Gasteiger partial charge is 0.243 e. The maximum absolute atomic E-state index is 12.5. The van der Waals surface area contributed by atoms with Crippen molar-refractivity contribution in [2.24, 2.45) is 0 Å². The zero-order valence-corrected chi connectivity index (χ0v) is 16.6. The van der Waals surface area contributed by atoms with Crippen molar-refractivity contribution in [1.29, 1.82) is 0 Å². The van der Waals surface area contributed by atoms with Gasteiger partial charge in [0.25, 0.3) is 0 Å². The summed E-state index contributed by atoms with van der Waals surface area (Å²) in [7, 11) is -3.41. The molecule has 0 saturated heterocycles. The van der Waals surface area contributed by atoms with Gasteiger partial charge in [-0.1, -0.05) is 39.3 Å². The highest BCUT2D eigenvalue weighted by Crippen LogP contribution is 2.19. The highest BCUT2D eigenvalue weighted by molar-refractivity contribution is 7.89. The number of nitrogens with one attached hydrogen (secondary N) is 2. The maximum atomic E-state index is 12.5. The van der Waals surface area contributed by atoms with Crippen LogP contribution in [0, 0.1) is 0 Å². The molecule has 0 radical (unpaired) electrons. The minimum absolute atomic E-state index is 0.0110. The Kier molecular flexibility index (Phi) is 8.66. The average Bonchev–Trinajstić information content (AvgIpc) is 2.56. The average molecular weight is 372 g/mol. The predicted octanol–water partition coefficient (Wildman–Crippen LogP) is 3.04. The first-order valence-electron chi connectivity index (χ1n) is 8.51. The Morgan fingerprint density at radius 2 is 1.75 bits per heavy atom. The summed E-state index contributed by atoms with van der Waals surface area (Å²) in [5.74, 6) is 0. The quantitative estimate of drug-likeness (QED) is 0.516. The standard InChI is InChI=1S/C17H29N3O2S2/c1-5-8-13-18-17(23)19-14(4)15-9-11-16(12-10-15)24(21,22)20(6-2)7-3/h9-12,14H,5-8,13H2,1-4H3,(H2,18,19,23)/t14-/m0/s1. The summed E-state index contributed by atoms with van der Waals surface area (Å²) in [4.78, 5) is 0.325. The summed E-state index contributed by atoms with van der Waals surface area (Å²) in [6, 6.07) is 7.01. The number of hydrogen-bond acceptors (Lipinski definition) is 3. The van der Waals surface area contributed by atoms with E-state index in [-0.39, 0.29) is 6.04 Å². The van der Waals surface area contributed by atoms with Crippen molar-refractivity contribution >= 4 is 27.4 Å². The fourth-order valence-corrected chi connectivity index (χ4v) is 4.09. The summed E-state index contributed by atoms with van der Waals surface area (Å²) < 4.78 is 26.4. The van der Waals surface area contributed by atoms with Crippen LogP contribution < -0.4 is 10.6 Å². The summed E-state index contributed by atoms with van der Waals surface area (Å²) in [5.41, 5.74) is 0.994. The molecule has 0 heterocycles. The highest BCUT2D eigenvalue weighted by atomic mass is 32.2. The minimum Gasteiger partial charge on any atom is -0.363 e. The molecule has 7 heteroatoms. The number of unbranched alkanes of at least 4 members (excludes halogenated alkanes) is 1. The fourth-order valence-electron chi connectivity index (χ4n) is 2.35. The Labute approximate surface area is 151 Å². The van der Waals surface area contributed by atoms with E-state index in [2.05, 4.69) is 17.6 Å². The third-order valence-corrected chi connectivity index (χ3v) is 6.21. The number of sulfonamides is 1. The van der Waals surface area contributed by atoms with E-state index < -0.39 is 10.0 Å². The largest absolute Gasteiger partial charge is 0.363 e. The summed E-state index contributed by atoms with van der Waals surface area (Å²) in [6.07, 6.45) is 2.20. The van der Waals surface area contributed by atoms with Gasteiger partial charge in [-0.25, -0.2) is 8.42 Å². The monoisotopic (exact) mass is 371 g/mol. The van der Waals surface area contributed by atoms with Crippen LogP contribution in [0.1, 0.15) is 52.1 Å². The Hall–Kier alpha value is -1.18. The van der Waals surface area contributed by atoms with Crippen molar-refractivity contribution in [2.75, 3.05) is 19.6 Å². The molecule has 136 valence electrons. The zero-order chi connectivity index (χ0) is 18.2. The zero-order valence-electron chi connectivity index (χ0n) is 15.0. The Morgan fingerprint density at radius 3 is 2.25 bits per heavy atom. The molecular weight excluding hydrogens is 342 g/mol. The first-order chi connectivity index (χ1) is 11.4. The molecule has 0 fully saturated rings. The van der Waals surface area contributed by atoms with E-state index in [0.717, 1.165) is 24.9 Å². The molecule has 0 aromatic heterocycles. The van der Waals surface area contributed by atoms with Gasteiger partial charge in [0.2, 0.25) is 10.0 Å². The van der Waals surface area contributed by atoms with Gasteiger partial charge >= 0.3 is 0 Å². The molecule has 0 spiro atoms. The van der Waals surface area contributed by atoms with E-state index in [9.17, 15) is 8.42 Å². The number of thiocarbonyl (C=S) groups is 1. The van der Waals surface area contributed by atoms with Crippen LogP contribution in [0.25, 0.3) is 0 Å². The van der Waals surface area contributed by atoms with Gasteiger partial charge in [0.1, 0.15) is 0 Å². The predicted molar refractivity (Wildman–Crippen MR) is 104 cm³/mol. The Bertz CT molecular complexity index is 611. The second-order valence-electron chi connectivity index (χ2n) is 5.63. The van der Waals surface area contributed by atoms with E-state index in [1.165, 1.54) is 4.31 Å². The summed E-state index contributed by atoms with van der Waals surface area (Å²) >= 11 is 5.27. The van der Waals surface area contributed by atoms with Crippen LogP contribution in [-0.2, 0) is 10.0 Å². The van der Waals surface area contributed by atoms with E-state index in [1.54, 1.807) is 12.1 Å². The summed E-state index contributed by atoms with van der Waals surface area (Å²) in [5, 5.41) is 7.01. The molecule has 0 amide bonds. The maximum Gasteiger partial charge on any atom is 0.243 e. The second kappa shape index (κ2) is 9.96. The number of benzene rings is 1. The fraction of sp³-hybridized carbons (Fsp3) is 0.588. The Balaban J connectivity index is 2.75. The molecule has 1 rings (SSSR count). The molecule has 0 aliphatic carbocycles. The normalized spacial score (nSPS) is 12.9. The third kappa shape index (κ3) is 5.72. The molecule has 1 aromatic carbocycles. The molecule has 0 aliphatic heterocycles. The van der Waals surface area contributed by atoms with Crippen molar-refractivity contribution in [3.8, 4) is 0 Å². The lowest BCUT2D eigenvalue weighted by atomic mass is 10.1. The van der Waals surface area contributed by atoms with Crippen LogP contribution in [0.4, 0.5) is 0 Å². The van der Waals surface area contributed by atoms with E-state index in [4.69, 9.17) is 12.2 Å². The highest BCUT2D eigenvalue weighted by Gasteiger charge is 2.21. The first kappa shape index (κ1) is 20.9. The van der Waals surface area contributed by atoms with Gasteiger partial charge in [-0.05, 0) is 43.3 Å². The van der Waals surface area contributed by atoms with Gasteiger partial charge in [-0.2, -0.15) is 4.31 Å². The van der Waals surface area contributed by atoms with Crippen molar-refractivity contribution in [2.45, 2.75) is 51.5 Å². The van der Waals surface area contributed by atoms with Gasteiger partial charge in [0.05, 0.1) is 10.9 Å². The van der Waals surface area contributed by atoms with Crippen LogP contribution in [0.15, 0.2) is 29.2 Å². The lowest BCUT2D eigenvalue weighted by molar-refractivity contribution is 0.445. The van der Waals surface area contributed by atoms with Gasteiger partial charge < -0.3 is 10.6 Å². The molecule has 5 nitrogen and oxygen atoms in total. The van der Waals surface area contributed by atoms with Crippen molar-refractivity contribution in [3.05, 3.63) is 29.8 Å². The van der Waals surface area contributed by atoms with Crippen LogP contribution in [0.2, 0.25) is 0 Å². The molecule has 0 saturated carbocycles. The number of rotatable bonds is 9. The van der Waals surface area contributed by atoms with E-state index in [1.807, 2.05) is 32.9 Å². The first-order valence-corrected chi connectivity index (χ1v) is 10.4. The molecule has 0 aliphatic rings. The molecule has 1 aromatic rings. The van der Waals surface area contributed by atoms with Crippen molar-refractivity contribution in [3.63, 3.8) is 0 Å². The lowest BCUT2D eigenvalue weighted by Gasteiger charge is -2.20. The second-order valence-corrected chi connectivity index (χ2v) is 7.98. The Morgan fingerprint density at radius 1 is 1.17 bits per heavy atom. The molecule has 1 atom stereocenters. The summed E-state index contributed by atoms with van der Waals surface area (Å²) in [6.45, 7) is 9.61. The van der Waals surface area contributed by atoms with Crippen LogP contribution >= 0.6 is 12.2 Å². The molecule has 0 bridgehead atoms. The molecule has 24 heavy (non-hydrogen) atoms. The topological polar surface area (TPSA) is 61.4 Å². The van der Waals surface area contributed by atoms with Gasteiger partial charge in [-0.3, -0.25) is 0 Å². The van der Waals surface area contributed by atoms with Crippen LogP contribution in [-0.4, -0.2) is 37.5 Å². The molecule has 2 N–H and O–H groups in total.